The molecule has 2 N–H and O–H groups in total. The van der Waals surface area contributed by atoms with Crippen LogP contribution in [0.2, 0.25) is 0 Å². The number of ether oxygens (including phenoxy) is 1. The zero-order valence-corrected chi connectivity index (χ0v) is 18.0. The molecule has 0 bridgehead atoms. The lowest BCUT2D eigenvalue weighted by atomic mass is 9.93. The quantitative estimate of drug-likeness (QED) is 0.633. The van der Waals surface area contributed by atoms with Gasteiger partial charge >= 0.3 is 0 Å². The number of amides is 1. The van der Waals surface area contributed by atoms with E-state index in [0.717, 1.165) is 30.0 Å². The van der Waals surface area contributed by atoms with Gasteiger partial charge in [0.2, 0.25) is 0 Å². The summed E-state index contributed by atoms with van der Waals surface area (Å²) in [5, 5.41) is 8.14. The van der Waals surface area contributed by atoms with Crippen LogP contribution in [-0.2, 0) is 0 Å². The van der Waals surface area contributed by atoms with Gasteiger partial charge in [-0.05, 0) is 72.9 Å². The number of likely N-dealkylation sites (tertiary alicyclic amines) is 1. The highest BCUT2D eigenvalue weighted by molar-refractivity contribution is 5.94. The van der Waals surface area contributed by atoms with Crippen molar-refractivity contribution in [3.8, 4) is 11.5 Å². The Hall–Kier alpha value is -3.41. The summed E-state index contributed by atoms with van der Waals surface area (Å²) in [6.45, 7) is 5.74. The van der Waals surface area contributed by atoms with Crippen molar-refractivity contribution in [3.05, 3.63) is 77.5 Å². The van der Waals surface area contributed by atoms with Crippen LogP contribution in [0.4, 0.5) is 5.82 Å². The zero-order valence-electron chi connectivity index (χ0n) is 18.0. The van der Waals surface area contributed by atoms with Crippen molar-refractivity contribution in [2.75, 3.05) is 18.8 Å². The van der Waals surface area contributed by atoms with Crippen LogP contribution in [0.5, 0.6) is 11.5 Å². The molecule has 1 aliphatic rings. The summed E-state index contributed by atoms with van der Waals surface area (Å²) in [4.78, 5) is 14.8. The minimum atomic E-state index is 0.0506. The monoisotopic (exact) mass is 416 g/mol. The van der Waals surface area contributed by atoms with Gasteiger partial charge in [0.25, 0.3) is 5.91 Å². The third-order valence-electron chi connectivity index (χ3n) is 5.79. The molecule has 0 aliphatic carbocycles. The molecule has 0 atom stereocenters. The molecule has 2 aromatic carbocycles. The van der Waals surface area contributed by atoms with Crippen molar-refractivity contribution in [2.45, 2.75) is 38.5 Å². The Morgan fingerprint density at radius 3 is 2.10 bits per heavy atom. The molecule has 1 fully saturated rings. The summed E-state index contributed by atoms with van der Waals surface area (Å²) >= 11 is 0. The number of nitrogens with two attached hydrogens (primary N) is 1. The SMILES string of the molecule is CC(C)c1ccc(Oc2ccc(C(=O)N3CCC(c4ccc(N)nn4)CC3)cc2)cc1. The Kier molecular flexibility index (Phi) is 6.16. The first-order valence-electron chi connectivity index (χ1n) is 10.8. The van der Waals surface area contributed by atoms with Crippen molar-refractivity contribution < 1.29 is 9.53 Å². The average Bonchev–Trinajstić information content (AvgIpc) is 2.80. The normalized spacial score (nSPS) is 14.6. The van der Waals surface area contributed by atoms with Crippen LogP contribution in [0.1, 0.15) is 60.1 Å². The first-order valence-corrected chi connectivity index (χ1v) is 10.8. The lowest BCUT2D eigenvalue weighted by Crippen LogP contribution is -2.38. The molecule has 0 unspecified atom stereocenters. The third kappa shape index (κ3) is 5.02. The first kappa shape index (κ1) is 20.8. The van der Waals surface area contributed by atoms with Crippen LogP contribution in [0, 0.1) is 0 Å². The Morgan fingerprint density at radius 1 is 0.935 bits per heavy atom. The fourth-order valence-corrected chi connectivity index (χ4v) is 3.85. The predicted molar refractivity (Wildman–Crippen MR) is 121 cm³/mol. The van der Waals surface area contributed by atoms with E-state index < -0.39 is 0 Å². The number of hydrogen-bond donors (Lipinski definition) is 1. The molecule has 1 aromatic heterocycles. The van der Waals surface area contributed by atoms with E-state index >= 15 is 0 Å². The van der Waals surface area contributed by atoms with Gasteiger partial charge in [0.15, 0.2) is 0 Å². The van der Waals surface area contributed by atoms with Crippen LogP contribution in [-0.4, -0.2) is 34.1 Å². The van der Waals surface area contributed by atoms with E-state index in [0.29, 0.717) is 36.3 Å². The molecule has 3 aromatic rings. The van der Waals surface area contributed by atoms with Crippen LogP contribution >= 0.6 is 0 Å². The molecule has 0 spiro atoms. The topological polar surface area (TPSA) is 81.3 Å². The smallest absolute Gasteiger partial charge is 0.253 e. The van der Waals surface area contributed by atoms with Gasteiger partial charge in [-0.2, -0.15) is 5.10 Å². The van der Waals surface area contributed by atoms with E-state index in [2.05, 4.69) is 36.2 Å². The van der Waals surface area contributed by atoms with Crippen molar-refractivity contribution in [3.63, 3.8) is 0 Å². The second kappa shape index (κ2) is 9.16. The number of hydrogen-bond acceptors (Lipinski definition) is 5. The maximum atomic E-state index is 12.9. The maximum Gasteiger partial charge on any atom is 0.253 e. The van der Waals surface area contributed by atoms with E-state index in [4.69, 9.17) is 10.5 Å². The van der Waals surface area contributed by atoms with E-state index in [-0.39, 0.29) is 5.91 Å². The van der Waals surface area contributed by atoms with Crippen LogP contribution < -0.4 is 10.5 Å². The summed E-state index contributed by atoms with van der Waals surface area (Å²) < 4.78 is 5.92. The first-order chi connectivity index (χ1) is 15.0. The van der Waals surface area contributed by atoms with Gasteiger partial charge < -0.3 is 15.4 Å². The van der Waals surface area contributed by atoms with Crippen LogP contribution in [0.15, 0.2) is 60.7 Å². The van der Waals surface area contributed by atoms with E-state index in [1.807, 2.05) is 47.4 Å². The number of benzene rings is 2. The largest absolute Gasteiger partial charge is 0.457 e. The molecule has 0 saturated carbocycles. The van der Waals surface area contributed by atoms with Gasteiger partial charge in [0.05, 0.1) is 5.69 Å². The number of aromatic nitrogens is 2. The number of nitrogen functional groups attached to an aromatic ring is 1. The summed E-state index contributed by atoms with van der Waals surface area (Å²) in [6.07, 6.45) is 1.75. The van der Waals surface area contributed by atoms with Crippen molar-refractivity contribution in [1.82, 2.24) is 15.1 Å². The minimum absolute atomic E-state index is 0.0506. The van der Waals surface area contributed by atoms with Crippen molar-refractivity contribution >= 4 is 11.7 Å². The number of carbonyl (C=O) groups is 1. The van der Waals surface area contributed by atoms with Crippen molar-refractivity contribution in [1.29, 1.82) is 0 Å². The predicted octanol–water partition coefficient (Wildman–Crippen LogP) is 4.99. The molecule has 1 amide bonds. The van der Waals surface area contributed by atoms with E-state index in [1.165, 1.54) is 5.56 Å². The molecule has 0 radical (unpaired) electrons. The Balaban J connectivity index is 1.33. The molecule has 1 aliphatic heterocycles. The number of rotatable bonds is 5. The summed E-state index contributed by atoms with van der Waals surface area (Å²) in [5.74, 6) is 2.79. The maximum absolute atomic E-state index is 12.9. The molecule has 6 heteroatoms. The Bertz CT molecular complexity index is 1010. The lowest BCUT2D eigenvalue weighted by Gasteiger charge is -2.31. The van der Waals surface area contributed by atoms with Gasteiger partial charge in [0.1, 0.15) is 17.3 Å². The molecule has 31 heavy (non-hydrogen) atoms. The lowest BCUT2D eigenvalue weighted by molar-refractivity contribution is 0.0712. The number of carbonyl (C=O) groups excluding carboxylic acids is 1. The molecule has 6 nitrogen and oxygen atoms in total. The third-order valence-corrected chi connectivity index (χ3v) is 5.79. The highest BCUT2D eigenvalue weighted by atomic mass is 16.5. The fraction of sp³-hybridized carbons (Fsp3) is 0.320. The molecular weight excluding hydrogens is 388 g/mol. The van der Waals surface area contributed by atoms with Crippen LogP contribution in [0.25, 0.3) is 0 Å². The van der Waals surface area contributed by atoms with Crippen molar-refractivity contribution in [2.24, 2.45) is 0 Å². The zero-order chi connectivity index (χ0) is 21.8. The minimum Gasteiger partial charge on any atom is -0.457 e. The van der Waals surface area contributed by atoms with Gasteiger partial charge in [0, 0.05) is 24.6 Å². The Labute approximate surface area is 183 Å². The fourth-order valence-electron chi connectivity index (χ4n) is 3.85. The molecule has 160 valence electrons. The van der Waals surface area contributed by atoms with Gasteiger partial charge in [-0.3, -0.25) is 4.79 Å². The van der Waals surface area contributed by atoms with E-state index in [1.54, 1.807) is 6.07 Å². The van der Waals surface area contributed by atoms with Gasteiger partial charge in [-0.25, -0.2) is 0 Å². The molecular formula is C25H28N4O2. The number of anilines is 1. The van der Waals surface area contributed by atoms with Gasteiger partial charge in [-0.1, -0.05) is 26.0 Å². The molecule has 2 heterocycles. The summed E-state index contributed by atoms with van der Waals surface area (Å²) in [6, 6.07) is 19.2. The highest BCUT2D eigenvalue weighted by Crippen LogP contribution is 2.28. The summed E-state index contributed by atoms with van der Waals surface area (Å²) in [7, 11) is 0. The number of nitrogens with zero attached hydrogens (tertiary/aromatic N) is 3. The molecule has 1 saturated heterocycles. The van der Waals surface area contributed by atoms with Gasteiger partial charge in [-0.15, -0.1) is 5.10 Å². The van der Waals surface area contributed by atoms with E-state index in [9.17, 15) is 4.79 Å². The second-order valence-electron chi connectivity index (χ2n) is 8.30. The molecule has 4 rings (SSSR count). The van der Waals surface area contributed by atoms with Crippen LogP contribution in [0.3, 0.4) is 0 Å². The standard InChI is InChI=1S/C25H28N4O2/c1-17(2)18-3-7-21(8-4-18)31-22-9-5-20(6-10-22)25(30)29-15-13-19(14-16-29)23-11-12-24(26)28-27-23/h3-12,17,19H,13-16H2,1-2H3,(H2,26,28). The average molecular weight is 417 g/mol. The Morgan fingerprint density at radius 2 is 1.55 bits per heavy atom. The summed E-state index contributed by atoms with van der Waals surface area (Å²) in [5.41, 5.74) is 8.52. The highest BCUT2D eigenvalue weighted by Gasteiger charge is 2.25. The second-order valence-corrected chi connectivity index (χ2v) is 8.30. The number of piperidine rings is 1.